The van der Waals surface area contributed by atoms with Gasteiger partial charge in [0.1, 0.15) is 24.2 Å². The number of aromatic nitrogens is 1. The highest BCUT2D eigenvalue weighted by molar-refractivity contribution is 5.71. The molecule has 6 nitrogen and oxygen atoms in total. The van der Waals surface area contributed by atoms with Crippen molar-refractivity contribution in [3.8, 4) is 11.8 Å². The van der Waals surface area contributed by atoms with Gasteiger partial charge in [-0.15, -0.1) is 0 Å². The van der Waals surface area contributed by atoms with Gasteiger partial charge < -0.3 is 14.0 Å². The summed E-state index contributed by atoms with van der Waals surface area (Å²) in [6.07, 6.45) is 0. The average molecular weight is 286 g/mol. The summed E-state index contributed by atoms with van der Waals surface area (Å²) in [6.45, 7) is 3.35. The van der Waals surface area contributed by atoms with Crippen LogP contribution in [0.4, 0.5) is 0 Å². The van der Waals surface area contributed by atoms with Crippen molar-refractivity contribution in [1.82, 2.24) is 5.16 Å². The summed E-state index contributed by atoms with van der Waals surface area (Å²) in [4.78, 5) is 11.7. The van der Waals surface area contributed by atoms with Crippen LogP contribution in [0, 0.1) is 25.2 Å². The molecule has 21 heavy (non-hydrogen) atoms. The summed E-state index contributed by atoms with van der Waals surface area (Å²) < 4.78 is 15.4. The van der Waals surface area contributed by atoms with Crippen molar-refractivity contribution in [2.24, 2.45) is 0 Å². The molecule has 108 valence electrons. The predicted molar refractivity (Wildman–Crippen MR) is 72.4 cm³/mol. The van der Waals surface area contributed by atoms with E-state index in [4.69, 9.17) is 19.3 Å². The molecule has 1 aromatic heterocycles. The molecule has 0 N–H and O–H groups in total. The molecule has 0 unspecified atom stereocenters. The number of hydrogen-bond acceptors (Lipinski definition) is 6. The van der Waals surface area contributed by atoms with E-state index in [1.807, 2.05) is 6.07 Å². The van der Waals surface area contributed by atoms with E-state index in [0.29, 0.717) is 22.8 Å². The van der Waals surface area contributed by atoms with E-state index in [9.17, 15) is 4.79 Å². The molecule has 1 heterocycles. The van der Waals surface area contributed by atoms with Crippen LogP contribution >= 0.6 is 0 Å². The Morgan fingerprint density at radius 3 is 2.81 bits per heavy atom. The van der Waals surface area contributed by atoms with E-state index in [1.54, 1.807) is 38.1 Å². The monoisotopic (exact) mass is 286 g/mol. The second kappa shape index (κ2) is 6.57. The molecule has 0 fully saturated rings. The third-order valence-corrected chi connectivity index (χ3v) is 2.91. The van der Waals surface area contributed by atoms with Crippen LogP contribution in [0.15, 0.2) is 28.8 Å². The lowest BCUT2D eigenvalue weighted by Crippen LogP contribution is -2.15. The number of benzene rings is 1. The molecule has 0 aliphatic rings. The molecule has 0 saturated heterocycles. The largest absolute Gasteiger partial charge is 0.481 e. The number of carbonyl (C=O) groups excluding carboxylic acids is 1. The molecule has 0 saturated carbocycles. The van der Waals surface area contributed by atoms with Gasteiger partial charge in [0.15, 0.2) is 6.61 Å². The molecule has 0 bridgehead atoms. The van der Waals surface area contributed by atoms with Crippen LogP contribution < -0.4 is 4.74 Å². The summed E-state index contributed by atoms with van der Waals surface area (Å²) in [7, 11) is 0. The molecule has 0 amide bonds. The molecule has 2 rings (SSSR count). The highest BCUT2D eigenvalue weighted by Crippen LogP contribution is 2.17. The van der Waals surface area contributed by atoms with E-state index in [0.717, 1.165) is 5.56 Å². The number of aryl methyl sites for hydroxylation is 2. The fourth-order valence-electron chi connectivity index (χ4n) is 1.72. The van der Waals surface area contributed by atoms with Gasteiger partial charge in [0.2, 0.25) is 0 Å². The summed E-state index contributed by atoms with van der Waals surface area (Å²) in [6, 6.07) is 8.68. The van der Waals surface area contributed by atoms with Crippen LogP contribution in [0.1, 0.15) is 22.6 Å². The molecule has 0 spiro atoms. The Labute approximate surface area is 121 Å². The Balaban J connectivity index is 1.87. The molecule has 6 heteroatoms. The predicted octanol–water partition coefficient (Wildman–Crippen LogP) is 2.29. The fraction of sp³-hybridized carbons (Fsp3) is 0.267. The number of esters is 1. The van der Waals surface area contributed by atoms with Gasteiger partial charge in [-0.2, -0.15) is 5.26 Å². The molecule has 2 aromatic rings. The Morgan fingerprint density at radius 1 is 1.38 bits per heavy atom. The van der Waals surface area contributed by atoms with Gasteiger partial charge >= 0.3 is 5.97 Å². The summed E-state index contributed by atoms with van der Waals surface area (Å²) in [5, 5.41) is 12.7. The van der Waals surface area contributed by atoms with E-state index in [-0.39, 0.29) is 13.2 Å². The second-order valence-corrected chi connectivity index (χ2v) is 4.36. The molecule has 0 radical (unpaired) electrons. The molecule has 1 aromatic carbocycles. The summed E-state index contributed by atoms with van der Waals surface area (Å²) in [5.41, 5.74) is 1.81. The molecular formula is C15H14N2O4. The van der Waals surface area contributed by atoms with Crippen molar-refractivity contribution in [1.29, 1.82) is 5.26 Å². The van der Waals surface area contributed by atoms with Crippen LogP contribution in [0.25, 0.3) is 0 Å². The number of rotatable bonds is 5. The first-order chi connectivity index (χ1) is 10.1. The maximum Gasteiger partial charge on any atom is 0.344 e. The summed E-state index contributed by atoms with van der Waals surface area (Å²) in [5.74, 6) is 0.452. The van der Waals surface area contributed by atoms with Gasteiger partial charge in [-0.3, -0.25) is 0 Å². The number of carbonyl (C=O) groups is 1. The van der Waals surface area contributed by atoms with Gasteiger partial charge in [0, 0.05) is 0 Å². The first-order valence-corrected chi connectivity index (χ1v) is 6.31. The normalized spacial score (nSPS) is 9.95. The Kier molecular flexibility index (Phi) is 4.57. The quantitative estimate of drug-likeness (QED) is 0.784. The lowest BCUT2D eigenvalue weighted by molar-refractivity contribution is -0.147. The third kappa shape index (κ3) is 3.60. The van der Waals surface area contributed by atoms with Crippen molar-refractivity contribution >= 4 is 5.97 Å². The van der Waals surface area contributed by atoms with Crippen molar-refractivity contribution in [3.63, 3.8) is 0 Å². The van der Waals surface area contributed by atoms with Gasteiger partial charge in [0.25, 0.3) is 0 Å². The first kappa shape index (κ1) is 14.6. The minimum atomic E-state index is -0.525. The van der Waals surface area contributed by atoms with Crippen LogP contribution in [0.2, 0.25) is 0 Å². The highest BCUT2D eigenvalue weighted by Gasteiger charge is 2.12. The van der Waals surface area contributed by atoms with Crippen LogP contribution in [-0.2, 0) is 16.1 Å². The van der Waals surface area contributed by atoms with Gasteiger partial charge in [-0.25, -0.2) is 4.79 Å². The molecular weight excluding hydrogens is 272 g/mol. The smallest absolute Gasteiger partial charge is 0.344 e. The van der Waals surface area contributed by atoms with Gasteiger partial charge in [-0.05, 0) is 26.0 Å². The van der Waals surface area contributed by atoms with Gasteiger partial charge in [0.05, 0.1) is 16.8 Å². The summed E-state index contributed by atoms with van der Waals surface area (Å²) >= 11 is 0. The highest BCUT2D eigenvalue weighted by atomic mass is 16.6. The van der Waals surface area contributed by atoms with E-state index >= 15 is 0 Å². The Morgan fingerprint density at radius 2 is 2.14 bits per heavy atom. The lowest BCUT2D eigenvalue weighted by Gasteiger charge is -2.07. The standard InChI is InChI=1S/C15H14N2O4/c1-10-13(11(2)21-17-10)8-20-15(18)9-19-14-6-4-3-5-12(14)7-16/h3-6H,8-9H2,1-2H3. The zero-order valence-electron chi connectivity index (χ0n) is 11.8. The maximum absolute atomic E-state index is 11.7. The maximum atomic E-state index is 11.7. The SMILES string of the molecule is Cc1noc(C)c1COC(=O)COc1ccccc1C#N. The molecule has 0 atom stereocenters. The molecule has 0 aliphatic heterocycles. The lowest BCUT2D eigenvalue weighted by atomic mass is 10.2. The number of hydrogen-bond donors (Lipinski definition) is 0. The van der Waals surface area contributed by atoms with Crippen molar-refractivity contribution in [2.45, 2.75) is 20.5 Å². The number of ether oxygens (including phenoxy) is 2. The van der Waals surface area contributed by atoms with Crippen molar-refractivity contribution < 1.29 is 18.8 Å². The fourth-order valence-corrected chi connectivity index (χ4v) is 1.72. The number of nitrogens with zero attached hydrogens (tertiary/aromatic N) is 2. The number of para-hydroxylation sites is 1. The van der Waals surface area contributed by atoms with Crippen LogP contribution in [0.5, 0.6) is 5.75 Å². The van der Waals surface area contributed by atoms with Crippen molar-refractivity contribution in [3.05, 3.63) is 46.8 Å². The Hall–Kier alpha value is -2.81. The van der Waals surface area contributed by atoms with Crippen molar-refractivity contribution in [2.75, 3.05) is 6.61 Å². The third-order valence-electron chi connectivity index (χ3n) is 2.91. The van der Waals surface area contributed by atoms with E-state index < -0.39 is 5.97 Å². The average Bonchev–Trinajstić information content (AvgIpc) is 2.82. The topological polar surface area (TPSA) is 85.3 Å². The van der Waals surface area contributed by atoms with E-state index in [1.165, 1.54) is 0 Å². The first-order valence-electron chi connectivity index (χ1n) is 6.31. The van der Waals surface area contributed by atoms with Gasteiger partial charge in [-0.1, -0.05) is 17.3 Å². The van der Waals surface area contributed by atoms with E-state index in [2.05, 4.69) is 5.16 Å². The minimum absolute atomic E-state index is 0.0866. The second-order valence-electron chi connectivity index (χ2n) is 4.36. The number of nitriles is 1. The zero-order chi connectivity index (χ0) is 15.2. The molecule has 0 aliphatic carbocycles. The Bertz CT molecular complexity index is 666. The zero-order valence-corrected chi connectivity index (χ0v) is 11.8. The minimum Gasteiger partial charge on any atom is -0.481 e. The van der Waals surface area contributed by atoms with Crippen LogP contribution in [-0.4, -0.2) is 17.7 Å². The van der Waals surface area contributed by atoms with Crippen LogP contribution in [0.3, 0.4) is 0 Å².